The Balaban J connectivity index is 2.24. The van der Waals surface area contributed by atoms with Gasteiger partial charge in [0.2, 0.25) is 0 Å². The first-order valence-electron chi connectivity index (χ1n) is 5.60. The molecule has 19 heavy (non-hydrogen) atoms. The first kappa shape index (κ1) is 13.9. The lowest BCUT2D eigenvalue weighted by atomic mass is 10.0. The van der Waals surface area contributed by atoms with Crippen LogP contribution in [0.4, 0.5) is 8.78 Å². The van der Waals surface area contributed by atoms with Gasteiger partial charge in [-0.3, -0.25) is 16.3 Å². The van der Waals surface area contributed by atoms with Gasteiger partial charge in [-0.1, -0.05) is 17.7 Å². The number of pyridine rings is 1. The molecule has 2 rings (SSSR count). The van der Waals surface area contributed by atoms with Gasteiger partial charge in [-0.25, -0.2) is 8.78 Å². The van der Waals surface area contributed by atoms with Crippen LogP contribution in [-0.4, -0.2) is 4.98 Å². The molecule has 0 saturated heterocycles. The first-order chi connectivity index (χ1) is 9.10. The van der Waals surface area contributed by atoms with Crippen molar-refractivity contribution in [3.8, 4) is 0 Å². The number of benzene rings is 1. The van der Waals surface area contributed by atoms with E-state index in [1.807, 2.05) is 0 Å². The summed E-state index contributed by atoms with van der Waals surface area (Å²) in [5, 5.41) is 0.310. The van der Waals surface area contributed by atoms with E-state index in [0.29, 0.717) is 17.0 Å². The van der Waals surface area contributed by atoms with E-state index in [1.54, 1.807) is 6.07 Å². The molecule has 1 unspecified atom stereocenters. The Morgan fingerprint density at radius 2 is 2.00 bits per heavy atom. The van der Waals surface area contributed by atoms with Gasteiger partial charge in [0, 0.05) is 11.2 Å². The Morgan fingerprint density at radius 3 is 2.63 bits per heavy atom. The van der Waals surface area contributed by atoms with Crippen molar-refractivity contribution in [1.29, 1.82) is 0 Å². The predicted octanol–water partition coefficient (Wildman–Crippen LogP) is 2.76. The highest BCUT2D eigenvalue weighted by atomic mass is 35.5. The lowest BCUT2D eigenvalue weighted by Gasteiger charge is -2.16. The van der Waals surface area contributed by atoms with Crippen LogP contribution in [0.25, 0.3) is 0 Å². The molecule has 0 aliphatic heterocycles. The van der Waals surface area contributed by atoms with Crippen LogP contribution in [0, 0.1) is 11.6 Å². The molecule has 0 radical (unpaired) electrons. The molecule has 3 N–H and O–H groups in total. The summed E-state index contributed by atoms with van der Waals surface area (Å²) in [7, 11) is 0. The normalized spacial score (nSPS) is 12.4. The minimum Gasteiger partial charge on any atom is -0.271 e. The van der Waals surface area contributed by atoms with Gasteiger partial charge in [0.25, 0.3) is 0 Å². The number of hydrogen-bond donors (Lipinski definition) is 2. The predicted molar refractivity (Wildman–Crippen MR) is 69.4 cm³/mol. The zero-order chi connectivity index (χ0) is 13.8. The summed E-state index contributed by atoms with van der Waals surface area (Å²) < 4.78 is 26.1. The zero-order valence-corrected chi connectivity index (χ0v) is 10.7. The molecule has 100 valence electrons. The molecule has 0 aliphatic rings. The number of hydrogen-bond acceptors (Lipinski definition) is 3. The van der Waals surface area contributed by atoms with Gasteiger partial charge in [0.15, 0.2) is 0 Å². The van der Waals surface area contributed by atoms with E-state index in [-0.39, 0.29) is 6.04 Å². The van der Waals surface area contributed by atoms with Crippen LogP contribution in [0.2, 0.25) is 5.02 Å². The molecule has 2 aromatic rings. The molecule has 1 atom stereocenters. The molecule has 0 spiro atoms. The Bertz CT molecular complexity index is 578. The third-order valence-electron chi connectivity index (χ3n) is 2.77. The number of aromatic nitrogens is 1. The van der Waals surface area contributed by atoms with Gasteiger partial charge in [0.1, 0.15) is 11.6 Å². The van der Waals surface area contributed by atoms with E-state index >= 15 is 0 Å². The standard InChI is InChI=1S/C13H12ClF2N3/c14-12-5-10(15)2-1-8(12)4-13(19-17)9-3-11(16)7-18-6-9/h1-3,5-7,13,19H,4,17H2. The fourth-order valence-electron chi connectivity index (χ4n) is 1.80. The monoisotopic (exact) mass is 283 g/mol. The number of halogens is 3. The molecule has 1 aromatic heterocycles. The van der Waals surface area contributed by atoms with E-state index in [9.17, 15) is 8.78 Å². The fraction of sp³-hybridized carbons (Fsp3) is 0.154. The van der Waals surface area contributed by atoms with Crippen LogP contribution < -0.4 is 11.3 Å². The minimum atomic E-state index is -0.442. The fourth-order valence-corrected chi connectivity index (χ4v) is 2.04. The van der Waals surface area contributed by atoms with Crippen molar-refractivity contribution in [2.75, 3.05) is 0 Å². The van der Waals surface area contributed by atoms with Gasteiger partial charge in [-0.2, -0.15) is 0 Å². The molecule has 1 aromatic carbocycles. The summed E-state index contributed by atoms with van der Waals surface area (Å²) >= 11 is 5.95. The number of rotatable bonds is 4. The highest BCUT2D eigenvalue weighted by Gasteiger charge is 2.14. The average molecular weight is 284 g/mol. The second-order valence-corrected chi connectivity index (χ2v) is 4.50. The maximum atomic E-state index is 13.1. The van der Waals surface area contributed by atoms with Crippen molar-refractivity contribution in [3.63, 3.8) is 0 Å². The molecular weight excluding hydrogens is 272 g/mol. The molecular formula is C13H12ClF2N3. The number of nitrogens with two attached hydrogens (primary N) is 1. The SMILES string of the molecule is NNC(Cc1ccc(F)cc1Cl)c1cncc(F)c1. The minimum absolute atomic E-state index is 0.310. The van der Waals surface area contributed by atoms with E-state index in [2.05, 4.69) is 10.4 Å². The smallest absolute Gasteiger partial charge is 0.141 e. The van der Waals surface area contributed by atoms with Gasteiger partial charge < -0.3 is 0 Å². The third kappa shape index (κ3) is 3.47. The summed E-state index contributed by atoms with van der Waals surface area (Å²) in [5.74, 6) is 4.62. The van der Waals surface area contributed by atoms with Gasteiger partial charge in [-0.15, -0.1) is 0 Å². The largest absolute Gasteiger partial charge is 0.271 e. The van der Waals surface area contributed by atoms with Gasteiger partial charge >= 0.3 is 0 Å². The summed E-state index contributed by atoms with van der Waals surface area (Å²) in [6, 6.07) is 5.11. The molecule has 3 nitrogen and oxygen atoms in total. The van der Waals surface area contributed by atoms with Crippen LogP contribution in [-0.2, 0) is 6.42 Å². The van der Waals surface area contributed by atoms with Crippen molar-refractivity contribution in [2.24, 2.45) is 5.84 Å². The maximum Gasteiger partial charge on any atom is 0.141 e. The maximum absolute atomic E-state index is 13.1. The van der Waals surface area contributed by atoms with E-state index in [1.165, 1.54) is 24.4 Å². The van der Waals surface area contributed by atoms with Crippen molar-refractivity contribution in [3.05, 3.63) is 64.4 Å². The lowest BCUT2D eigenvalue weighted by molar-refractivity contribution is 0.540. The van der Waals surface area contributed by atoms with Crippen molar-refractivity contribution in [1.82, 2.24) is 10.4 Å². The number of nitrogens with one attached hydrogen (secondary N) is 1. The van der Waals surface area contributed by atoms with Crippen LogP contribution in [0.3, 0.4) is 0 Å². The summed E-state index contributed by atoms with van der Waals surface area (Å²) in [6.45, 7) is 0. The molecule has 0 fully saturated rings. The Labute approximate surface area is 114 Å². The first-order valence-corrected chi connectivity index (χ1v) is 5.98. The van der Waals surface area contributed by atoms with E-state index < -0.39 is 11.6 Å². The van der Waals surface area contributed by atoms with Gasteiger partial charge in [0.05, 0.1) is 12.2 Å². The molecule has 0 saturated carbocycles. The quantitative estimate of drug-likeness (QED) is 0.670. The van der Waals surface area contributed by atoms with Crippen LogP contribution in [0.5, 0.6) is 0 Å². The zero-order valence-electron chi connectivity index (χ0n) is 9.91. The van der Waals surface area contributed by atoms with Crippen LogP contribution >= 0.6 is 11.6 Å². The van der Waals surface area contributed by atoms with Gasteiger partial charge in [-0.05, 0) is 35.7 Å². The average Bonchev–Trinajstić information content (AvgIpc) is 2.38. The molecule has 0 bridgehead atoms. The summed E-state index contributed by atoms with van der Waals surface area (Å²) in [4.78, 5) is 3.77. The van der Waals surface area contributed by atoms with Crippen molar-refractivity contribution < 1.29 is 8.78 Å². The number of nitrogens with zero attached hydrogens (tertiary/aromatic N) is 1. The Kier molecular flexibility index (Phi) is 4.42. The second kappa shape index (κ2) is 6.06. The lowest BCUT2D eigenvalue weighted by Crippen LogP contribution is -2.29. The Hall–Kier alpha value is -1.56. The molecule has 0 amide bonds. The summed E-state index contributed by atoms with van der Waals surface area (Å²) in [6.07, 6.45) is 3.04. The second-order valence-electron chi connectivity index (χ2n) is 4.10. The Morgan fingerprint density at radius 1 is 1.21 bits per heavy atom. The van der Waals surface area contributed by atoms with Crippen LogP contribution in [0.1, 0.15) is 17.2 Å². The highest BCUT2D eigenvalue weighted by molar-refractivity contribution is 6.31. The third-order valence-corrected chi connectivity index (χ3v) is 3.12. The van der Waals surface area contributed by atoms with Crippen molar-refractivity contribution in [2.45, 2.75) is 12.5 Å². The van der Waals surface area contributed by atoms with E-state index in [0.717, 1.165) is 11.8 Å². The number of hydrazine groups is 1. The summed E-state index contributed by atoms with van der Waals surface area (Å²) in [5.41, 5.74) is 3.89. The molecule has 6 heteroatoms. The van der Waals surface area contributed by atoms with E-state index in [4.69, 9.17) is 17.4 Å². The topological polar surface area (TPSA) is 50.9 Å². The highest BCUT2D eigenvalue weighted by Crippen LogP contribution is 2.24. The van der Waals surface area contributed by atoms with Crippen molar-refractivity contribution >= 4 is 11.6 Å². The van der Waals surface area contributed by atoms with Crippen LogP contribution in [0.15, 0.2) is 36.7 Å². The molecule has 1 heterocycles. The molecule has 0 aliphatic carbocycles.